The van der Waals surface area contributed by atoms with Crippen LogP contribution in [0.4, 0.5) is 0 Å². The van der Waals surface area contributed by atoms with Gasteiger partial charge in [0, 0.05) is 22.1 Å². The second kappa shape index (κ2) is 5.92. The van der Waals surface area contributed by atoms with Crippen LogP contribution in [0.2, 0.25) is 0 Å². The predicted octanol–water partition coefficient (Wildman–Crippen LogP) is 2.51. The number of benzene rings is 1. The van der Waals surface area contributed by atoms with E-state index in [1.807, 2.05) is 25.1 Å². The van der Waals surface area contributed by atoms with Gasteiger partial charge in [-0.15, -0.1) is 0 Å². The van der Waals surface area contributed by atoms with E-state index in [1.165, 1.54) is 0 Å². The molecule has 1 saturated carbocycles. The Balaban J connectivity index is 2.06. The molecule has 0 saturated heterocycles. The Kier molecular flexibility index (Phi) is 4.47. The lowest BCUT2D eigenvalue weighted by atomic mass is 10.1. The molecule has 1 amide bonds. The molecule has 1 aliphatic carbocycles. The van der Waals surface area contributed by atoms with E-state index in [2.05, 4.69) is 21.2 Å². The van der Waals surface area contributed by atoms with Crippen molar-refractivity contribution in [3.05, 3.63) is 28.2 Å². The smallest absolute Gasteiger partial charge is 0.260 e. The zero-order chi connectivity index (χ0) is 14.0. The molecule has 0 aliphatic heterocycles. The SMILES string of the molecule is CC(Oc1ccc(Br)cc1C(C)N)C(=O)NC1CC1. The summed E-state index contributed by atoms with van der Waals surface area (Å²) in [5, 5.41) is 2.93. The van der Waals surface area contributed by atoms with Gasteiger partial charge in [0.1, 0.15) is 5.75 Å². The highest BCUT2D eigenvalue weighted by Gasteiger charge is 2.26. The van der Waals surface area contributed by atoms with Gasteiger partial charge in [-0.25, -0.2) is 0 Å². The molecule has 2 unspecified atom stereocenters. The van der Waals surface area contributed by atoms with Crippen molar-refractivity contribution in [3.63, 3.8) is 0 Å². The van der Waals surface area contributed by atoms with Crippen LogP contribution in [0, 0.1) is 0 Å². The maximum atomic E-state index is 11.9. The van der Waals surface area contributed by atoms with Crippen molar-refractivity contribution in [2.24, 2.45) is 5.73 Å². The van der Waals surface area contributed by atoms with Crippen LogP contribution in [0.5, 0.6) is 5.75 Å². The number of carbonyl (C=O) groups is 1. The second-order valence-corrected chi connectivity index (χ2v) is 5.93. The van der Waals surface area contributed by atoms with Crippen LogP contribution in [-0.2, 0) is 4.79 Å². The first kappa shape index (κ1) is 14.3. The summed E-state index contributed by atoms with van der Waals surface area (Å²) < 4.78 is 6.69. The van der Waals surface area contributed by atoms with Gasteiger partial charge in [0.05, 0.1) is 0 Å². The summed E-state index contributed by atoms with van der Waals surface area (Å²) in [7, 11) is 0. The van der Waals surface area contributed by atoms with Crippen LogP contribution in [0.1, 0.15) is 38.3 Å². The quantitative estimate of drug-likeness (QED) is 0.873. The van der Waals surface area contributed by atoms with Gasteiger partial charge in [-0.1, -0.05) is 15.9 Å². The van der Waals surface area contributed by atoms with E-state index >= 15 is 0 Å². The molecule has 0 bridgehead atoms. The molecule has 2 atom stereocenters. The Morgan fingerprint density at radius 3 is 2.74 bits per heavy atom. The Bertz CT molecular complexity index is 473. The number of ether oxygens (including phenoxy) is 1. The van der Waals surface area contributed by atoms with Crippen molar-refractivity contribution in [1.82, 2.24) is 5.32 Å². The average Bonchev–Trinajstić information content (AvgIpc) is 3.14. The fraction of sp³-hybridized carbons (Fsp3) is 0.500. The molecule has 5 heteroatoms. The molecule has 0 heterocycles. The first-order valence-electron chi connectivity index (χ1n) is 6.49. The number of carbonyl (C=O) groups excluding carboxylic acids is 1. The molecule has 0 spiro atoms. The number of nitrogens with one attached hydrogen (secondary N) is 1. The second-order valence-electron chi connectivity index (χ2n) is 5.01. The van der Waals surface area contributed by atoms with Gasteiger partial charge in [0.25, 0.3) is 5.91 Å². The first-order valence-corrected chi connectivity index (χ1v) is 7.28. The fourth-order valence-corrected chi connectivity index (χ4v) is 2.15. The van der Waals surface area contributed by atoms with E-state index in [-0.39, 0.29) is 11.9 Å². The van der Waals surface area contributed by atoms with Crippen LogP contribution in [-0.4, -0.2) is 18.1 Å². The summed E-state index contributed by atoms with van der Waals surface area (Å²) in [6.45, 7) is 3.65. The molecule has 0 aromatic heterocycles. The predicted molar refractivity (Wildman–Crippen MR) is 78.0 cm³/mol. The molecule has 1 aromatic rings. The van der Waals surface area contributed by atoms with Gasteiger partial charge in [0.2, 0.25) is 0 Å². The van der Waals surface area contributed by atoms with Crippen molar-refractivity contribution >= 4 is 21.8 Å². The highest BCUT2D eigenvalue weighted by atomic mass is 79.9. The molecular weight excluding hydrogens is 308 g/mol. The van der Waals surface area contributed by atoms with Crippen molar-refractivity contribution in [1.29, 1.82) is 0 Å². The molecule has 1 fully saturated rings. The Hall–Kier alpha value is -1.07. The maximum absolute atomic E-state index is 11.9. The average molecular weight is 327 g/mol. The number of halogens is 1. The van der Waals surface area contributed by atoms with Crippen LogP contribution < -0.4 is 15.8 Å². The molecule has 19 heavy (non-hydrogen) atoms. The van der Waals surface area contributed by atoms with Crippen LogP contribution in [0.25, 0.3) is 0 Å². The third-order valence-electron chi connectivity index (χ3n) is 3.06. The first-order chi connectivity index (χ1) is 8.97. The molecule has 2 rings (SSSR count). The zero-order valence-corrected chi connectivity index (χ0v) is 12.7. The maximum Gasteiger partial charge on any atom is 0.260 e. The molecule has 0 radical (unpaired) electrons. The van der Waals surface area contributed by atoms with E-state index in [0.29, 0.717) is 11.8 Å². The summed E-state index contributed by atoms with van der Waals surface area (Å²) in [4.78, 5) is 11.9. The van der Waals surface area contributed by atoms with Crippen LogP contribution in [0.15, 0.2) is 22.7 Å². The van der Waals surface area contributed by atoms with Crippen molar-refractivity contribution < 1.29 is 9.53 Å². The third kappa shape index (κ3) is 3.94. The summed E-state index contributed by atoms with van der Waals surface area (Å²) >= 11 is 3.41. The monoisotopic (exact) mass is 326 g/mol. The van der Waals surface area contributed by atoms with E-state index < -0.39 is 6.10 Å². The molecule has 3 N–H and O–H groups in total. The lowest BCUT2D eigenvalue weighted by Gasteiger charge is -2.19. The molecule has 1 aliphatic rings. The fourth-order valence-electron chi connectivity index (χ4n) is 1.77. The van der Waals surface area contributed by atoms with E-state index in [4.69, 9.17) is 10.5 Å². The van der Waals surface area contributed by atoms with E-state index in [9.17, 15) is 4.79 Å². The van der Waals surface area contributed by atoms with Gasteiger partial charge in [-0.3, -0.25) is 4.79 Å². The number of hydrogen-bond acceptors (Lipinski definition) is 3. The number of nitrogens with two attached hydrogens (primary N) is 1. The van der Waals surface area contributed by atoms with Gasteiger partial charge < -0.3 is 15.8 Å². The summed E-state index contributed by atoms with van der Waals surface area (Å²) in [6.07, 6.45) is 1.63. The normalized spacial score (nSPS) is 17.7. The van der Waals surface area contributed by atoms with Crippen molar-refractivity contribution in [2.75, 3.05) is 0 Å². The van der Waals surface area contributed by atoms with Gasteiger partial charge in [0.15, 0.2) is 6.10 Å². The highest BCUT2D eigenvalue weighted by Crippen LogP contribution is 2.28. The molecule has 1 aromatic carbocycles. The standard InChI is InChI=1S/C14H19BrN2O2/c1-8(16)12-7-10(15)3-6-13(12)19-9(2)14(18)17-11-4-5-11/h3,6-9,11H,4-5,16H2,1-2H3,(H,17,18). The Labute approximate surface area is 121 Å². The summed E-state index contributed by atoms with van der Waals surface area (Å²) in [5.74, 6) is 0.595. The molecule has 104 valence electrons. The van der Waals surface area contributed by atoms with Crippen LogP contribution in [0.3, 0.4) is 0 Å². The van der Waals surface area contributed by atoms with Crippen LogP contribution >= 0.6 is 15.9 Å². The lowest BCUT2D eigenvalue weighted by Crippen LogP contribution is -2.37. The van der Waals surface area contributed by atoms with Gasteiger partial charge in [-0.2, -0.15) is 0 Å². The lowest BCUT2D eigenvalue weighted by molar-refractivity contribution is -0.127. The van der Waals surface area contributed by atoms with Gasteiger partial charge >= 0.3 is 0 Å². The molecular formula is C14H19BrN2O2. The summed E-state index contributed by atoms with van der Waals surface area (Å²) in [5.41, 5.74) is 6.81. The van der Waals surface area contributed by atoms with Crippen molar-refractivity contribution in [3.8, 4) is 5.75 Å². The molecule has 4 nitrogen and oxygen atoms in total. The zero-order valence-electron chi connectivity index (χ0n) is 11.2. The highest BCUT2D eigenvalue weighted by molar-refractivity contribution is 9.10. The minimum Gasteiger partial charge on any atom is -0.481 e. The Morgan fingerprint density at radius 2 is 2.16 bits per heavy atom. The topological polar surface area (TPSA) is 64.3 Å². The third-order valence-corrected chi connectivity index (χ3v) is 3.55. The van der Waals surface area contributed by atoms with E-state index in [1.54, 1.807) is 6.92 Å². The number of rotatable bonds is 5. The minimum atomic E-state index is -0.515. The summed E-state index contributed by atoms with van der Waals surface area (Å²) in [6, 6.07) is 5.84. The minimum absolute atomic E-state index is 0.0685. The largest absolute Gasteiger partial charge is 0.481 e. The number of amides is 1. The Morgan fingerprint density at radius 1 is 1.47 bits per heavy atom. The van der Waals surface area contributed by atoms with Crippen molar-refractivity contribution in [2.45, 2.75) is 44.9 Å². The number of hydrogen-bond donors (Lipinski definition) is 2. The van der Waals surface area contributed by atoms with Gasteiger partial charge in [-0.05, 0) is 44.9 Å². The van der Waals surface area contributed by atoms with E-state index in [0.717, 1.165) is 22.9 Å².